The van der Waals surface area contributed by atoms with E-state index in [0.717, 1.165) is 13.0 Å². The molecule has 0 heterocycles. The SMILES string of the molecule is CCCCNC.CCCO. The maximum atomic E-state index is 7.88. The average molecular weight is 147 g/mol. The summed E-state index contributed by atoms with van der Waals surface area (Å²) in [4.78, 5) is 0. The van der Waals surface area contributed by atoms with Gasteiger partial charge < -0.3 is 10.4 Å². The van der Waals surface area contributed by atoms with E-state index in [-0.39, 0.29) is 0 Å². The van der Waals surface area contributed by atoms with Crippen molar-refractivity contribution in [1.29, 1.82) is 0 Å². The highest BCUT2D eigenvalue weighted by Gasteiger charge is 1.73. The Morgan fingerprint density at radius 1 is 1.20 bits per heavy atom. The maximum Gasteiger partial charge on any atom is 0.0428 e. The molecule has 64 valence electrons. The van der Waals surface area contributed by atoms with Crippen LogP contribution < -0.4 is 5.32 Å². The van der Waals surface area contributed by atoms with Gasteiger partial charge in [-0.05, 0) is 26.4 Å². The molecule has 0 unspecified atom stereocenters. The Hall–Kier alpha value is -0.0800. The minimum atomic E-state index is 0.319. The lowest BCUT2D eigenvalue weighted by Gasteiger charge is -1.89. The lowest BCUT2D eigenvalue weighted by molar-refractivity contribution is 0.295. The van der Waals surface area contributed by atoms with Crippen molar-refractivity contribution in [3.63, 3.8) is 0 Å². The summed E-state index contributed by atoms with van der Waals surface area (Å²) in [6, 6.07) is 0. The van der Waals surface area contributed by atoms with Gasteiger partial charge in [-0.1, -0.05) is 20.3 Å². The van der Waals surface area contributed by atoms with Crippen molar-refractivity contribution in [2.45, 2.75) is 33.1 Å². The van der Waals surface area contributed by atoms with Gasteiger partial charge in [0.15, 0.2) is 0 Å². The largest absolute Gasteiger partial charge is 0.396 e. The molecule has 2 heteroatoms. The van der Waals surface area contributed by atoms with Crippen LogP contribution in [0.15, 0.2) is 0 Å². The molecule has 10 heavy (non-hydrogen) atoms. The maximum absolute atomic E-state index is 7.88. The number of nitrogens with one attached hydrogen (secondary N) is 1. The van der Waals surface area contributed by atoms with Crippen LogP contribution >= 0.6 is 0 Å². The summed E-state index contributed by atoms with van der Waals surface area (Å²) in [6.45, 7) is 5.60. The van der Waals surface area contributed by atoms with E-state index in [1.807, 2.05) is 14.0 Å². The van der Waals surface area contributed by atoms with Crippen molar-refractivity contribution < 1.29 is 5.11 Å². The number of hydrogen-bond donors (Lipinski definition) is 2. The van der Waals surface area contributed by atoms with Crippen LogP contribution in [0.3, 0.4) is 0 Å². The van der Waals surface area contributed by atoms with Crippen molar-refractivity contribution >= 4 is 0 Å². The standard InChI is InChI=1S/C5H13N.C3H8O/c1-3-4-5-6-2;1-2-3-4/h6H,3-5H2,1-2H3;4H,2-3H2,1H3. The van der Waals surface area contributed by atoms with E-state index >= 15 is 0 Å². The highest BCUT2D eigenvalue weighted by Crippen LogP contribution is 1.79. The summed E-state index contributed by atoms with van der Waals surface area (Å²) in [5.41, 5.74) is 0. The molecular formula is C8H21NO. The summed E-state index contributed by atoms with van der Waals surface area (Å²) in [7, 11) is 1.98. The number of unbranched alkanes of at least 4 members (excludes halogenated alkanes) is 1. The molecule has 2 nitrogen and oxygen atoms in total. The predicted octanol–water partition coefficient (Wildman–Crippen LogP) is 1.39. The first-order valence-corrected chi connectivity index (χ1v) is 4.08. The third-order valence-electron chi connectivity index (χ3n) is 1.00. The van der Waals surface area contributed by atoms with Crippen molar-refractivity contribution in [3.8, 4) is 0 Å². The molecule has 0 aliphatic rings. The molecule has 0 saturated heterocycles. The molecule has 0 saturated carbocycles. The molecule has 0 aromatic heterocycles. The fourth-order valence-electron chi connectivity index (χ4n) is 0.354. The molecule has 0 bridgehead atoms. The lowest BCUT2D eigenvalue weighted by Crippen LogP contribution is -2.06. The van der Waals surface area contributed by atoms with Gasteiger partial charge in [0.1, 0.15) is 0 Å². The topological polar surface area (TPSA) is 32.3 Å². The molecule has 0 amide bonds. The third kappa shape index (κ3) is 24.7. The molecule has 0 aromatic rings. The van der Waals surface area contributed by atoms with Crippen molar-refractivity contribution in [2.75, 3.05) is 20.2 Å². The second-order valence-corrected chi connectivity index (χ2v) is 2.18. The van der Waals surface area contributed by atoms with Crippen LogP contribution in [0.4, 0.5) is 0 Å². The first-order valence-electron chi connectivity index (χ1n) is 4.08. The molecule has 0 radical (unpaired) electrons. The van der Waals surface area contributed by atoms with Crippen molar-refractivity contribution in [2.24, 2.45) is 0 Å². The number of hydrogen-bond acceptors (Lipinski definition) is 2. The summed E-state index contributed by atoms with van der Waals surface area (Å²) < 4.78 is 0. The summed E-state index contributed by atoms with van der Waals surface area (Å²) in [6.07, 6.45) is 3.47. The van der Waals surface area contributed by atoms with E-state index < -0.39 is 0 Å². The van der Waals surface area contributed by atoms with Gasteiger partial charge in [0.05, 0.1) is 0 Å². The van der Waals surface area contributed by atoms with Gasteiger partial charge in [0.25, 0.3) is 0 Å². The van der Waals surface area contributed by atoms with Crippen LogP contribution in [0.2, 0.25) is 0 Å². The monoisotopic (exact) mass is 147 g/mol. The normalized spacial score (nSPS) is 8.40. The van der Waals surface area contributed by atoms with E-state index in [2.05, 4.69) is 12.2 Å². The van der Waals surface area contributed by atoms with Gasteiger partial charge in [-0.25, -0.2) is 0 Å². The van der Waals surface area contributed by atoms with E-state index in [4.69, 9.17) is 5.11 Å². The first-order chi connectivity index (χ1) is 4.83. The van der Waals surface area contributed by atoms with Gasteiger partial charge in [0, 0.05) is 6.61 Å². The lowest BCUT2D eigenvalue weighted by atomic mass is 10.3. The van der Waals surface area contributed by atoms with Crippen LogP contribution in [-0.4, -0.2) is 25.3 Å². The molecule has 0 rings (SSSR count). The molecule has 0 aliphatic heterocycles. The van der Waals surface area contributed by atoms with Gasteiger partial charge >= 0.3 is 0 Å². The van der Waals surface area contributed by atoms with Crippen LogP contribution in [0.25, 0.3) is 0 Å². The van der Waals surface area contributed by atoms with Gasteiger partial charge in [0.2, 0.25) is 0 Å². The van der Waals surface area contributed by atoms with Crippen molar-refractivity contribution in [1.82, 2.24) is 5.32 Å². The Bertz CT molecular complexity index is 34.2. The van der Waals surface area contributed by atoms with Crippen LogP contribution in [0.5, 0.6) is 0 Å². The Kier molecular flexibility index (Phi) is 20.1. The van der Waals surface area contributed by atoms with E-state index in [1.165, 1.54) is 12.8 Å². The second-order valence-electron chi connectivity index (χ2n) is 2.18. The molecule has 0 atom stereocenters. The first kappa shape index (κ1) is 12.6. The van der Waals surface area contributed by atoms with E-state index in [0.29, 0.717) is 6.61 Å². The third-order valence-corrected chi connectivity index (χ3v) is 1.00. The molecule has 2 N–H and O–H groups in total. The molecular weight excluding hydrogens is 126 g/mol. The Morgan fingerprint density at radius 2 is 1.70 bits per heavy atom. The number of aliphatic hydroxyl groups excluding tert-OH is 1. The zero-order valence-corrected chi connectivity index (χ0v) is 7.48. The number of rotatable bonds is 4. The predicted molar refractivity (Wildman–Crippen MR) is 46.2 cm³/mol. The molecule has 0 aliphatic carbocycles. The van der Waals surface area contributed by atoms with Gasteiger partial charge in [-0.3, -0.25) is 0 Å². The van der Waals surface area contributed by atoms with Crippen molar-refractivity contribution in [3.05, 3.63) is 0 Å². The van der Waals surface area contributed by atoms with E-state index in [1.54, 1.807) is 0 Å². The van der Waals surface area contributed by atoms with Gasteiger partial charge in [-0.15, -0.1) is 0 Å². The Balaban J connectivity index is 0. The average Bonchev–Trinajstić information content (AvgIpc) is 2.01. The van der Waals surface area contributed by atoms with Crippen LogP contribution in [0.1, 0.15) is 33.1 Å². The fourth-order valence-corrected chi connectivity index (χ4v) is 0.354. The highest BCUT2D eigenvalue weighted by atomic mass is 16.2. The molecule has 0 fully saturated rings. The van der Waals surface area contributed by atoms with Crippen LogP contribution in [0, 0.1) is 0 Å². The van der Waals surface area contributed by atoms with E-state index in [9.17, 15) is 0 Å². The molecule has 0 spiro atoms. The summed E-state index contributed by atoms with van der Waals surface area (Å²) in [5, 5.41) is 10.9. The van der Waals surface area contributed by atoms with Crippen LogP contribution in [-0.2, 0) is 0 Å². The highest BCUT2D eigenvalue weighted by molar-refractivity contribution is 4.34. The minimum absolute atomic E-state index is 0.319. The zero-order chi connectivity index (χ0) is 8.24. The van der Waals surface area contributed by atoms with Gasteiger partial charge in [-0.2, -0.15) is 0 Å². The fraction of sp³-hybridized carbons (Fsp3) is 1.00. The zero-order valence-electron chi connectivity index (χ0n) is 7.48. The minimum Gasteiger partial charge on any atom is -0.396 e. The Morgan fingerprint density at radius 3 is 1.80 bits per heavy atom. The Labute approximate surface area is 64.6 Å². The molecule has 0 aromatic carbocycles. The summed E-state index contributed by atoms with van der Waals surface area (Å²) >= 11 is 0. The number of aliphatic hydroxyl groups is 1. The smallest absolute Gasteiger partial charge is 0.0428 e. The summed E-state index contributed by atoms with van der Waals surface area (Å²) in [5.74, 6) is 0. The second kappa shape index (κ2) is 16.0. The quantitative estimate of drug-likeness (QED) is 0.589.